The van der Waals surface area contributed by atoms with Crippen molar-refractivity contribution in [3.8, 4) is 0 Å². The molecule has 0 N–H and O–H groups in total. The van der Waals surface area contributed by atoms with Crippen molar-refractivity contribution in [1.29, 1.82) is 0 Å². The van der Waals surface area contributed by atoms with Gasteiger partial charge in [0.05, 0.1) is 0 Å². The average Bonchev–Trinajstić information content (AvgIpc) is 2.67. The number of nitrogens with zero attached hydrogens (tertiary/aromatic N) is 1. The number of allylic oxidation sites excluding steroid dienone is 2. The van der Waals surface area contributed by atoms with Crippen molar-refractivity contribution >= 4 is 22.5 Å². The number of hydrogen-bond acceptors (Lipinski definition) is 1. The molecule has 1 heterocycles. The molecule has 0 bridgehead atoms. The van der Waals surface area contributed by atoms with E-state index in [1.807, 2.05) is 0 Å². The Balaban J connectivity index is 1.65. The first-order valence-electron chi connectivity index (χ1n) is 9.61. The molecule has 1 nitrogen and oxygen atoms in total. The van der Waals surface area contributed by atoms with Crippen molar-refractivity contribution in [3.05, 3.63) is 58.7 Å². The minimum atomic E-state index is 1.18. The molecule has 0 spiro atoms. The maximum absolute atomic E-state index is 2.63. The van der Waals surface area contributed by atoms with E-state index in [9.17, 15) is 0 Å². The zero-order valence-corrected chi connectivity index (χ0v) is 14.4. The molecular weight excluding hydrogens is 290 g/mol. The lowest BCUT2D eigenvalue weighted by atomic mass is 9.84. The molecule has 0 unspecified atom stereocenters. The lowest BCUT2D eigenvalue weighted by molar-refractivity contribution is 0.324. The molecule has 1 heteroatoms. The second-order valence-corrected chi connectivity index (χ2v) is 7.44. The van der Waals surface area contributed by atoms with E-state index in [1.165, 1.54) is 85.6 Å². The summed E-state index contributed by atoms with van der Waals surface area (Å²) in [6.07, 6.45) is 15.9. The molecule has 1 saturated heterocycles. The summed E-state index contributed by atoms with van der Waals surface area (Å²) in [6.45, 7) is 2.47. The van der Waals surface area contributed by atoms with Gasteiger partial charge in [0.2, 0.25) is 0 Å². The van der Waals surface area contributed by atoms with Gasteiger partial charge in [-0.2, -0.15) is 0 Å². The van der Waals surface area contributed by atoms with Crippen LogP contribution in [0.5, 0.6) is 0 Å². The topological polar surface area (TPSA) is 3.24 Å². The van der Waals surface area contributed by atoms with Crippen LogP contribution in [0.2, 0.25) is 0 Å². The number of piperidine rings is 1. The Morgan fingerprint density at radius 1 is 0.750 bits per heavy atom. The van der Waals surface area contributed by atoms with E-state index in [1.54, 1.807) is 11.1 Å². The Morgan fingerprint density at radius 2 is 1.54 bits per heavy atom. The summed E-state index contributed by atoms with van der Waals surface area (Å²) < 4.78 is 0. The number of rotatable bonds is 1. The molecule has 2 aromatic rings. The van der Waals surface area contributed by atoms with Crippen LogP contribution < -0.4 is 0 Å². The number of fused-ring (bicyclic) bond motifs is 5. The third-order valence-corrected chi connectivity index (χ3v) is 6.02. The summed E-state index contributed by atoms with van der Waals surface area (Å²) in [4.78, 5) is 2.63. The van der Waals surface area contributed by atoms with Gasteiger partial charge in [-0.1, -0.05) is 42.5 Å². The molecule has 24 heavy (non-hydrogen) atoms. The predicted molar refractivity (Wildman–Crippen MR) is 103 cm³/mol. The molecule has 1 fully saturated rings. The van der Waals surface area contributed by atoms with E-state index in [0.717, 1.165) is 0 Å². The number of aryl methyl sites for hydroxylation is 2. The summed E-state index contributed by atoms with van der Waals surface area (Å²) in [6, 6.07) is 9.53. The van der Waals surface area contributed by atoms with Crippen molar-refractivity contribution in [2.75, 3.05) is 13.1 Å². The highest BCUT2D eigenvalue weighted by Gasteiger charge is 2.22. The van der Waals surface area contributed by atoms with Gasteiger partial charge < -0.3 is 4.90 Å². The fraction of sp³-hybridized carbons (Fsp3) is 0.391. The Bertz CT molecular complexity index is 850. The molecule has 0 aromatic heterocycles. The minimum absolute atomic E-state index is 1.18. The van der Waals surface area contributed by atoms with Crippen LogP contribution in [0.3, 0.4) is 0 Å². The smallest absolute Gasteiger partial charge is 0.0402 e. The normalized spacial score (nSPS) is 19.8. The van der Waals surface area contributed by atoms with Crippen molar-refractivity contribution < 1.29 is 0 Å². The molecule has 122 valence electrons. The Morgan fingerprint density at radius 3 is 2.46 bits per heavy atom. The van der Waals surface area contributed by atoms with E-state index >= 15 is 0 Å². The number of benzene rings is 2. The molecule has 0 saturated carbocycles. The quantitative estimate of drug-likeness (QED) is 0.665. The lowest BCUT2D eigenvalue weighted by Crippen LogP contribution is -2.29. The largest absolute Gasteiger partial charge is 0.371 e. The third kappa shape index (κ3) is 2.22. The van der Waals surface area contributed by atoms with Gasteiger partial charge in [-0.15, -0.1) is 0 Å². The summed E-state index contributed by atoms with van der Waals surface area (Å²) in [5.41, 5.74) is 7.59. The molecule has 0 amide bonds. The van der Waals surface area contributed by atoms with E-state index < -0.39 is 0 Å². The third-order valence-electron chi connectivity index (χ3n) is 6.02. The second-order valence-electron chi connectivity index (χ2n) is 7.44. The fourth-order valence-electron chi connectivity index (χ4n) is 4.83. The van der Waals surface area contributed by atoms with Crippen LogP contribution in [-0.2, 0) is 12.8 Å². The molecule has 2 aliphatic carbocycles. The number of likely N-dealkylation sites (tertiary alicyclic amines) is 1. The van der Waals surface area contributed by atoms with Gasteiger partial charge in [0.15, 0.2) is 0 Å². The zero-order chi connectivity index (χ0) is 15.9. The van der Waals surface area contributed by atoms with Crippen LogP contribution in [-0.4, -0.2) is 18.0 Å². The maximum atomic E-state index is 2.63. The maximum Gasteiger partial charge on any atom is 0.0402 e. The van der Waals surface area contributed by atoms with Gasteiger partial charge in [0.1, 0.15) is 0 Å². The average molecular weight is 315 g/mol. The molecule has 0 atom stereocenters. The van der Waals surface area contributed by atoms with Gasteiger partial charge in [0.25, 0.3) is 0 Å². The van der Waals surface area contributed by atoms with Crippen LogP contribution in [0.25, 0.3) is 22.5 Å². The Labute approximate surface area is 144 Å². The standard InChI is InChI=1S/C23H25N/c1-4-15-24(16-5-1)23-10-6-9-19-21-12-11-17-7-2-3-8-18(17)20(21)13-14-22(19)23/h2,7,10-14H,1,3-6,8-9,15-16H2. The summed E-state index contributed by atoms with van der Waals surface area (Å²) >= 11 is 0. The molecule has 2 aromatic carbocycles. The van der Waals surface area contributed by atoms with E-state index in [4.69, 9.17) is 0 Å². The van der Waals surface area contributed by atoms with Crippen LogP contribution in [0.1, 0.15) is 54.4 Å². The first-order chi connectivity index (χ1) is 11.9. The van der Waals surface area contributed by atoms with E-state index in [2.05, 4.69) is 47.4 Å². The SMILES string of the molecule is C1=Cc2ccc3c4c(ccc3c2CC1)C(N1CCCCC1)=CCC4. The van der Waals surface area contributed by atoms with Crippen molar-refractivity contribution in [2.24, 2.45) is 0 Å². The Kier molecular flexibility index (Phi) is 3.47. The first-order valence-corrected chi connectivity index (χ1v) is 9.61. The molecule has 5 rings (SSSR count). The first kappa shape index (κ1) is 14.3. The summed E-state index contributed by atoms with van der Waals surface area (Å²) in [5.74, 6) is 0. The van der Waals surface area contributed by atoms with Crippen LogP contribution in [0.15, 0.2) is 36.4 Å². The van der Waals surface area contributed by atoms with Crippen LogP contribution in [0, 0.1) is 0 Å². The highest BCUT2D eigenvalue weighted by atomic mass is 15.1. The Hall–Kier alpha value is -2.02. The predicted octanol–water partition coefficient (Wildman–Crippen LogP) is 5.57. The van der Waals surface area contributed by atoms with Crippen molar-refractivity contribution in [3.63, 3.8) is 0 Å². The van der Waals surface area contributed by atoms with Gasteiger partial charge >= 0.3 is 0 Å². The van der Waals surface area contributed by atoms with Crippen LogP contribution in [0.4, 0.5) is 0 Å². The summed E-state index contributed by atoms with van der Waals surface area (Å²) in [5, 5.41) is 3.00. The molecule has 0 radical (unpaired) electrons. The van der Waals surface area contributed by atoms with Crippen molar-refractivity contribution in [1.82, 2.24) is 4.90 Å². The number of hydrogen-bond donors (Lipinski definition) is 0. The van der Waals surface area contributed by atoms with Crippen LogP contribution >= 0.6 is 0 Å². The second kappa shape index (κ2) is 5.81. The molecular formula is C23H25N. The van der Waals surface area contributed by atoms with Gasteiger partial charge in [-0.25, -0.2) is 0 Å². The molecule has 1 aliphatic heterocycles. The minimum Gasteiger partial charge on any atom is -0.371 e. The highest BCUT2D eigenvalue weighted by Crippen LogP contribution is 2.38. The van der Waals surface area contributed by atoms with Gasteiger partial charge in [-0.3, -0.25) is 0 Å². The van der Waals surface area contributed by atoms with E-state index in [-0.39, 0.29) is 0 Å². The highest BCUT2D eigenvalue weighted by molar-refractivity contribution is 5.95. The lowest BCUT2D eigenvalue weighted by Gasteiger charge is -2.34. The van der Waals surface area contributed by atoms with Gasteiger partial charge in [-0.05, 0) is 72.4 Å². The molecule has 3 aliphatic rings. The van der Waals surface area contributed by atoms with E-state index in [0.29, 0.717) is 0 Å². The monoisotopic (exact) mass is 315 g/mol. The fourth-order valence-corrected chi connectivity index (χ4v) is 4.83. The van der Waals surface area contributed by atoms with Crippen molar-refractivity contribution in [2.45, 2.75) is 44.9 Å². The zero-order valence-electron chi connectivity index (χ0n) is 14.4. The van der Waals surface area contributed by atoms with Gasteiger partial charge in [0, 0.05) is 24.4 Å². The summed E-state index contributed by atoms with van der Waals surface area (Å²) in [7, 11) is 0.